The van der Waals surface area contributed by atoms with Gasteiger partial charge >= 0.3 is 0 Å². The Morgan fingerprint density at radius 1 is 1.08 bits per heavy atom. The predicted molar refractivity (Wildman–Crippen MR) is 100.0 cm³/mol. The van der Waals surface area contributed by atoms with Crippen molar-refractivity contribution in [3.8, 4) is 11.5 Å². The van der Waals surface area contributed by atoms with E-state index < -0.39 is 0 Å². The molecule has 0 atom stereocenters. The summed E-state index contributed by atoms with van der Waals surface area (Å²) in [5, 5.41) is 6.95. The molecule has 0 aliphatic heterocycles. The lowest BCUT2D eigenvalue weighted by Crippen LogP contribution is -2.28. The lowest BCUT2D eigenvalue weighted by molar-refractivity contribution is 0.0954. The number of nitrogens with zero attached hydrogens (tertiary/aromatic N) is 1. The van der Waals surface area contributed by atoms with Crippen molar-refractivity contribution in [2.24, 2.45) is 0 Å². The van der Waals surface area contributed by atoms with Crippen molar-refractivity contribution in [1.82, 2.24) is 10.3 Å². The molecule has 3 rings (SSSR count). The summed E-state index contributed by atoms with van der Waals surface area (Å²) >= 11 is 1.59. The van der Waals surface area contributed by atoms with Gasteiger partial charge in [-0.05, 0) is 24.3 Å². The summed E-state index contributed by atoms with van der Waals surface area (Å²) in [6.07, 6.45) is 0. The highest BCUT2D eigenvalue weighted by molar-refractivity contribution is 7.22. The summed E-state index contributed by atoms with van der Waals surface area (Å²) in [4.78, 5) is 16.8. The van der Waals surface area contributed by atoms with Gasteiger partial charge in [0.25, 0.3) is 5.91 Å². The largest absolute Gasteiger partial charge is 0.497 e. The van der Waals surface area contributed by atoms with E-state index in [1.165, 1.54) is 0 Å². The van der Waals surface area contributed by atoms with E-state index in [-0.39, 0.29) is 5.91 Å². The molecule has 0 radical (unpaired) electrons. The van der Waals surface area contributed by atoms with Crippen LogP contribution < -0.4 is 20.1 Å². The van der Waals surface area contributed by atoms with Crippen LogP contribution in [-0.4, -0.2) is 38.2 Å². The molecule has 2 N–H and O–H groups in total. The molecular weight excluding hydrogens is 338 g/mol. The smallest absolute Gasteiger partial charge is 0.251 e. The van der Waals surface area contributed by atoms with Gasteiger partial charge in [-0.3, -0.25) is 4.79 Å². The molecule has 1 heterocycles. The van der Waals surface area contributed by atoms with Gasteiger partial charge in [0, 0.05) is 24.7 Å². The monoisotopic (exact) mass is 357 g/mol. The number of para-hydroxylation sites is 1. The number of methoxy groups -OCH3 is 2. The molecule has 25 heavy (non-hydrogen) atoms. The molecule has 130 valence electrons. The third kappa shape index (κ3) is 4.19. The van der Waals surface area contributed by atoms with Crippen LogP contribution in [0.15, 0.2) is 42.5 Å². The molecule has 0 saturated heterocycles. The van der Waals surface area contributed by atoms with E-state index in [1.807, 2.05) is 24.3 Å². The average molecular weight is 357 g/mol. The van der Waals surface area contributed by atoms with E-state index in [2.05, 4.69) is 15.6 Å². The van der Waals surface area contributed by atoms with Crippen LogP contribution in [0.25, 0.3) is 10.2 Å². The molecule has 6 nitrogen and oxygen atoms in total. The molecule has 0 spiro atoms. The number of carbonyl (C=O) groups is 1. The second-order valence-electron chi connectivity index (χ2n) is 5.27. The normalized spacial score (nSPS) is 10.5. The van der Waals surface area contributed by atoms with Gasteiger partial charge in [0.2, 0.25) is 0 Å². The molecule has 0 aliphatic carbocycles. The topological polar surface area (TPSA) is 72.5 Å². The van der Waals surface area contributed by atoms with Crippen LogP contribution in [0.4, 0.5) is 5.13 Å². The van der Waals surface area contributed by atoms with Gasteiger partial charge < -0.3 is 20.1 Å². The molecule has 2 aromatic carbocycles. The summed E-state index contributed by atoms with van der Waals surface area (Å²) in [5.41, 5.74) is 1.47. The minimum atomic E-state index is -0.178. The maximum Gasteiger partial charge on any atom is 0.251 e. The molecule has 1 amide bonds. The van der Waals surface area contributed by atoms with Gasteiger partial charge in [-0.1, -0.05) is 23.5 Å². The zero-order chi connectivity index (χ0) is 17.6. The van der Waals surface area contributed by atoms with Gasteiger partial charge in [-0.15, -0.1) is 0 Å². The SMILES string of the molecule is COc1cc(OC)cc(C(=O)NCCNc2nc3ccccc3s2)c1. The number of hydrogen-bond acceptors (Lipinski definition) is 6. The number of amides is 1. The average Bonchev–Trinajstić information content (AvgIpc) is 3.07. The molecule has 1 aromatic heterocycles. The second kappa shape index (κ2) is 7.85. The Kier molecular flexibility index (Phi) is 5.35. The van der Waals surface area contributed by atoms with Crippen molar-refractivity contribution in [2.75, 3.05) is 32.6 Å². The van der Waals surface area contributed by atoms with Crippen LogP contribution in [0.2, 0.25) is 0 Å². The van der Waals surface area contributed by atoms with E-state index in [0.717, 1.165) is 15.3 Å². The van der Waals surface area contributed by atoms with Crippen LogP contribution in [0.5, 0.6) is 11.5 Å². The third-order valence-corrected chi connectivity index (χ3v) is 4.59. The number of hydrogen-bond donors (Lipinski definition) is 2. The number of thiazole rings is 1. The Labute approximate surface area is 149 Å². The number of rotatable bonds is 7. The highest BCUT2D eigenvalue weighted by Gasteiger charge is 2.09. The molecule has 0 aliphatic rings. The first-order valence-corrected chi connectivity index (χ1v) is 8.62. The highest BCUT2D eigenvalue weighted by atomic mass is 32.1. The van der Waals surface area contributed by atoms with Crippen LogP contribution in [-0.2, 0) is 0 Å². The molecule has 0 saturated carbocycles. The van der Waals surface area contributed by atoms with Crippen molar-refractivity contribution in [2.45, 2.75) is 0 Å². The van der Waals surface area contributed by atoms with Crippen LogP contribution in [0.3, 0.4) is 0 Å². The second-order valence-corrected chi connectivity index (χ2v) is 6.30. The van der Waals surface area contributed by atoms with E-state index in [4.69, 9.17) is 9.47 Å². The number of nitrogens with one attached hydrogen (secondary N) is 2. The summed E-state index contributed by atoms with van der Waals surface area (Å²) in [5.74, 6) is 0.984. The van der Waals surface area contributed by atoms with Crippen molar-refractivity contribution in [3.63, 3.8) is 0 Å². The minimum Gasteiger partial charge on any atom is -0.497 e. The first kappa shape index (κ1) is 17.0. The number of benzene rings is 2. The third-order valence-electron chi connectivity index (χ3n) is 3.59. The van der Waals surface area contributed by atoms with Crippen LogP contribution in [0, 0.1) is 0 Å². The highest BCUT2D eigenvalue weighted by Crippen LogP contribution is 2.25. The summed E-state index contributed by atoms with van der Waals surface area (Å²) in [7, 11) is 3.11. The molecular formula is C18H19N3O3S. The summed E-state index contributed by atoms with van der Waals surface area (Å²) < 4.78 is 11.5. The van der Waals surface area contributed by atoms with Crippen LogP contribution in [0.1, 0.15) is 10.4 Å². The number of fused-ring (bicyclic) bond motifs is 1. The van der Waals surface area contributed by atoms with Gasteiger partial charge in [-0.25, -0.2) is 4.98 Å². The Hall–Kier alpha value is -2.80. The fourth-order valence-electron chi connectivity index (χ4n) is 2.33. The minimum absolute atomic E-state index is 0.178. The molecule has 7 heteroatoms. The Balaban J connectivity index is 1.54. The fourth-order valence-corrected chi connectivity index (χ4v) is 3.23. The fraction of sp³-hybridized carbons (Fsp3) is 0.222. The number of anilines is 1. The van der Waals surface area contributed by atoms with E-state index in [0.29, 0.717) is 30.2 Å². The van der Waals surface area contributed by atoms with E-state index >= 15 is 0 Å². The lowest BCUT2D eigenvalue weighted by atomic mass is 10.2. The first-order valence-electron chi connectivity index (χ1n) is 7.80. The summed E-state index contributed by atoms with van der Waals surface area (Å²) in [6, 6.07) is 13.1. The van der Waals surface area contributed by atoms with Crippen molar-refractivity contribution < 1.29 is 14.3 Å². The molecule has 0 unspecified atom stereocenters. The Morgan fingerprint density at radius 3 is 2.48 bits per heavy atom. The Bertz CT molecular complexity index is 824. The maximum absolute atomic E-state index is 12.3. The van der Waals surface area contributed by atoms with E-state index in [1.54, 1.807) is 43.8 Å². The molecule has 0 fully saturated rings. The molecule has 3 aromatic rings. The first-order chi connectivity index (χ1) is 12.2. The maximum atomic E-state index is 12.3. The number of ether oxygens (including phenoxy) is 2. The zero-order valence-corrected chi connectivity index (χ0v) is 14.9. The lowest BCUT2D eigenvalue weighted by Gasteiger charge is -2.09. The Morgan fingerprint density at radius 2 is 1.80 bits per heavy atom. The molecule has 0 bridgehead atoms. The standard InChI is InChI=1S/C18H19N3O3S/c1-23-13-9-12(10-14(11-13)24-2)17(22)19-7-8-20-18-21-15-5-3-4-6-16(15)25-18/h3-6,9-11H,7-8H2,1-2H3,(H,19,22)(H,20,21). The predicted octanol–water partition coefficient (Wildman–Crippen LogP) is 3.16. The van der Waals surface area contributed by atoms with Gasteiger partial charge in [0.15, 0.2) is 5.13 Å². The van der Waals surface area contributed by atoms with E-state index in [9.17, 15) is 4.79 Å². The zero-order valence-electron chi connectivity index (χ0n) is 14.0. The van der Waals surface area contributed by atoms with Gasteiger partial charge in [-0.2, -0.15) is 0 Å². The van der Waals surface area contributed by atoms with Crippen molar-refractivity contribution >= 4 is 32.6 Å². The quantitative estimate of drug-likeness (QED) is 0.636. The van der Waals surface area contributed by atoms with Gasteiger partial charge in [0.1, 0.15) is 11.5 Å². The van der Waals surface area contributed by atoms with Crippen molar-refractivity contribution in [3.05, 3.63) is 48.0 Å². The van der Waals surface area contributed by atoms with Crippen LogP contribution >= 0.6 is 11.3 Å². The van der Waals surface area contributed by atoms with Crippen molar-refractivity contribution in [1.29, 1.82) is 0 Å². The number of carbonyl (C=O) groups excluding carboxylic acids is 1. The summed E-state index contributed by atoms with van der Waals surface area (Å²) in [6.45, 7) is 1.07. The number of aromatic nitrogens is 1. The van der Waals surface area contributed by atoms with Gasteiger partial charge in [0.05, 0.1) is 24.4 Å².